The van der Waals surface area contributed by atoms with Gasteiger partial charge in [-0.15, -0.1) is 0 Å². The molecule has 1 N–H and O–H groups in total. The lowest BCUT2D eigenvalue weighted by Crippen LogP contribution is -2.32. The van der Waals surface area contributed by atoms with Crippen molar-refractivity contribution in [1.29, 1.82) is 0 Å². The highest BCUT2D eigenvalue weighted by atomic mass is 16.5. The molecule has 0 unspecified atom stereocenters. The maximum atomic E-state index is 6.72. The van der Waals surface area contributed by atoms with Gasteiger partial charge in [-0.3, -0.25) is 0 Å². The smallest absolute Gasteiger partial charge is 0.226 e. The van der Waals surface area contributed by atoms with Crippen molar-refractivity contribution < 1.29 is 18.9 Å². The fourth-order valence-corrected chi connectivity index (χ4v) is 5.01. The van der Waals surface area contributed by atoms with Crippen molar-refractivity contribution >= 4 is 11.6 Å². The van der Waals surface area contributed by atoms with Gasteiger partial charge in [0.2, 0.25) is 5.95 Å². The molecule has 0 amide bonds. The fourth-order valence-electron chi connectivity index (χ4n) is 5.01. The Morgan fingerprint density at radius 1 is 0.889 bits per heavy atom. The van der Waals surface area contributed by atoms with E-state index >= 15 is 0 Å². The van der Waals surface area contributed by atoms with Gasteiger partial charge in [-0.1, -0.05) is 29.8 Å². The monoisotopic (exact) mass is 482 g/mol. The van der Waals surface area contributed by atoms with Crippen LogP contribution in [0.3, 0.4) is 0 Å². The molecule has 4 aromatic rings. The van der Waals surface area contributed by atoms with Crippen LogP contribution in [0, 0.1) is 6.92 Å². The van der Waals surface area contributed by atoms with Crippen molar-refractivity contribution in [2.45, 2.75) is 19.1 Å². The lowest BCUT2D eigenvalue weighted by Gasteiger charge is -2.39. The van der Waals surface area contributed by atoms with E-state index in [2.05, 4.69) is 40.5 Å². The average molecular weight is 483 g/mol. The minimum Gasteiger partial charge on any atom is -0.497 e. The second-order valence-electron chi connectivity index (χ2n) is 8.77. The number of fused-ring (bicyclic) bond motifs is 3. The van der Waals surface area contributed by atoms with E-state index < -0.39 is 6.10 Å². The van der Waals surface area contributed by atoms with E-state index in [9.17, 15) is 0 Å². The Balaban J connectivity index is 1.62. The first-order valence-electron chi connectivity index (χ1n) is 11.7. The van der Waals surface area contributed by atoms with Crippen LogP contribution in [0.25, 0.3) is 5.70 Å². The summed E-state index contributed by atoms with van der Waals surface area (Å²) in [5.74, 6) is 3.53. The number of rotatable bonds is 5. The lowest BCUT2D eigenvalue weighted by atomic mass is 9.84. The summed E-state index contributed by atoms with van der Waals surface area (Å²) in [5, 5.41) is 8.14. The van der Waals surface area contributed by atoms with Gasteiger partial charge < -0.3 is 24.3 Å². The van der Waals surface area contributed by atoms with Crippen molar-refractivity contribution in [2.24, 2.45) is 0 Å². The van der Waals surface area contributed by atoms with Gasteiger partial charge in [-0.2, -0.15) is 10.1 Å². The van der Waals surface area contributed by atoms with Gasteiger partial charge in [0.25, 0.3) is 0 Å². The topological polar surface area (TPSA) is 79.7 Å². The van der Waals surface area contributed by atoms with Crippen LogP contribution in [0.2, 0.25) is 0 Å². The molecular weight excluding hydrogens is 456 g/mol. The zero-order valence-electron chi connectivity index (χ0n) is 20.5. The summed E-state index contributed by atoms with van der Waals surface area (Å²) in [5.41, 5.74) is 6.06. The molecule has 0 aliphatic carbocycles. The summed E-state index contributed by atoms with van der Waals surface area (Å²) in [6.07, 6.45) is 1.17. The van der Waals surface area contributed by atoms with Gasteiger partial charge in [-0.05, 0) is 48.9 Å². The second-order valence-corrected chi connectivity index (χ2v) is 8.77. The number of hydrogen-bond donors (Lipinski definition) is 1. The number of aryl methyl sites for hydroxylation is 1. The normalized spacial score (nSPS) is 17.8. The largest absolute Gasteiger partial charge is 0.497 e. The van der Waals surface area contributed by atoms with Gasteiger partial charge in [-0.25, -0.2) is 4.68 Å². The molecule has 3 aromatic carbocycles. The SMILES string of the molecule is COc1cccc([C@H]2Oc3ccc(C)cc3C3=C2[C@H](c2ccc(OC)c(OC)c2)n2ncnc2N3)c1. The Bertz CT molecular complexity index is 1490. The zero-order valence-corrected chi connectivity index (χ0v) is 20.5. The van der Waals surface area contributed by atoms with Crippen LogP contribution in [-0.2, 0) is 0 Å². The third-order valence-electron chi connectivity index (χ3n) is 6.69. The molecule has 8 heteroatoms. The molecule has 0 saturated heterocycles. The Hall–Kier alpha value is -4.46. The van der Waals surface area contributed by atoms with Crippen LogP contribution in [0.15, 0.2) is 72.6 Å². The van der Waals surface area contributed by atoms with E-state index in [1.165, 1.54) is 0 Å². The minimum atomic E-state index is -0.395. The predicted molar refractivity (Wildman–Crippen MR) is 136 cm³/mol. The molecule has 0 saturated carbocycles. The molecule has 3 heterocycles. The maximum Gasteiger partial charge on any atom is 0.226 e. The predicted octanol–water partition coefficient (Wildman–Crippen LogP) is 5.17. The Kier molecular flexibility index (Phi) is 5.29. The van der Waals surface area contributed by atoms with Crippen molar-refractivity contribution in [1.82, 2.24) is 14.8 Å². The molecule has 0 fully saturated rings. The molecule has 2 aliphatic rings. The quantitative estimate of drug-likeness (QED) is 0.420. The molecule has 8 nitrogen and oxygen atoms in total. The summed E-state index contributed by atoms with van der Waals surface area (Å²) >= 11 is 0. The van der Waals surface area contributed by atoms with E-state index in [1.54, 1.807) is 27.7 Å². The Morgan fingerprint density at radius 3 is 2.56 bits per heavy atom. The minimum absolute atomic E-state index is 0.302. The van der Waals surface area contributed by atoms with Crippen molar-refractivity contribution in [3.05, 3.63) is 94.8 Å². The van der Waals surface area contributed by atoms with Gasteiger partial charge in [0.05, 0.1) is 27.0 Å². The first-order chi connectivity index (χ1) is 17.6. The van der Waals surface area contributed by atoms with E-state index in [1.807, 2.05) is 47.1 Å². The Morgan fingerprint density at radius 2 is 1.75 bits per heavy atom. The van der Waals surface area contributed by atoms with Crippen molar-refractivity contribution in [2.75, 3.05) is 26.6 Å². The van der Waals surface area contributed by atoms with E-state index in [0.717, 1.165) is 45.0 Å². The molecule has 6 rings (SSSR count). The maximum absolute atomic E-state index is 6.72. The highest BCUT2D eigenvalue weighted by molar-refractivity contribution is 5.85. The molecular formula is C28H26N4O4. The number of methoxy groups -OCH3 is 3. The number of anilines is 1. The third kappa shape index (κ3) is 3.45. The summed E-state index contributed by atoms with van der Waals surface area (Å²) in [6.45, 7) is 2.08. The zero-order chi connectivity index (χ0) is 24.8. The van der Waals surface area contributed by atoms with E-state index in [0.29, 0.717) is 17.4 Å². The number of ether oxygens (including phenoxy) is 4. The lowest BCUT2D eigenvalue weighted by molar-refractivity contribution is 0.222. The van der Waals surface area contributed by atoms with Gasteiger partial charge in [0, 0.05) is 16.7 Å². The Labute approximate surface area is 209 Å². The summed E-state index contributed by atoms with van der Waals surface area (Å²) in [6, 6.07) is 19.8. The number of nitrogens with zero attached hydrogens (tertiary/aromatic N) is 3. The second kappa shape index (κ2) is 8.64. The van der Waals surface area contributed by atoms with Crippen LogP contribution in [0.1, 0.15) is 34.4 Å². The van der Waals surface area contributed by atoms with Crippen LogP contribution >= 0.6 is 0 Å². The highest BCUT2D eigenvalue weighted by Crippen LogP contribution is 2.51. The summed E-state index contributed by atoms with van der Waals surface area (Å²) in [7, 11) is 4.93. The molecule has 182 valence electrons. The third-order valence-corrected chi connectivity index (χ3v) is 6.69. The highest BCUT2D eigenvalue weighted by Gasteiger charge is 2.41. The first-order valence-corrected chi connectivity index (χ1v) is 11.7. The van der Waals surface area contributed by atoms with E-state index in [4.69, 9.17) is 18.9 Å². The molecule has 2 atom stereocenters. The summed E-state index contributed by atoms with van der Waals surface area (Å²) < 4.78 is 25.3. The van der Waals surface area contributed by atoms with Gasteiger partial charge in [0.1, 0.15) is 30.0 Å². The molecule has 36 heavy (non-hydrogen) atoms. The van der Waals surface area contributed by atoms with Crippen LogP contribution in [0.5, 0.6) is 23.0 Å². The van der Waals surface area contributed by atoms with Gasteiger partial charge >= 0.3 is 0 Å². The first kappa shape index (κ1) is 22.0. The summed E-state index contributed by atoms with van der Waals surface area (Å²) in [4.78, 5) is 4.51. The van der Waals surface area contributed by atoms with Crippen LogP contribution in [0.4, 0.5) is 5.95 Å². The molecule has 1 aromatic heterocycles. The number of nitrogens with one attached hydrogen (secondary N) is 1. The average Bonchev–Trinajstić information content (AvgIpc) is 3.39. The number of benzene rings is 3. The van der Waals surface area contributed by atoms with Crippen LogP contribution in [-0.4, -0.2) is 36.1 Å². The molecule has 2 aliphatic heterocycles. The standard InChI is InChI=1S/C28H26N4O4/c1-16-8-10-21-20(12-16)25-24(27(36-21)18-6-5-7-19(13-18)33-2)26(32-28(31-25)29-15-30-32)17-9-11-22(34-3)23(14-17)35-4/h5-15,26-27H,1-4H3,(H,29,30,31)/t26-,27+/m0/s1. The van der Waals surface area contributed by atoms with E-state index in [-0.39, 0.29) is 6.04 Å². The number of hydrogen-bond acceptors (Lipinski definition) is 7. The van der Waals surface area contributed by atoms with Crippen molar-refractivity contribution in [3.8, 4) is 23.0 Å². The molecule has 0 radical (unpaired) electrons. The van der Waals surface area contributed by atoms with Crippen molar-refractivity contribution in [3.63, 3.8) is 0 Å². The molecule has 0 bridgehead atoms. The molecule has 0 spiro atoms. The fraction of sp³-hybridized carbons (Fsp3) is 0.214. The number of aromatic nitrogens is 3. The van der Waals surface area contributed by atoms with Crippen LogP contribution < -0.4 is 24.3 Å². The van der Waals surface area contributed by atoms with Gasteiger partial charge in [0.15, 0.2) is 11.5 Å².